The van der Waals surface area contributed by atoms with E-state index >= 15 is 0 Å². The molecule has 0 saturated heterocycles. The Kier molecular flexibility index (Phi) is 4.24. The molecule has 0 unspecified atom stereocenters. The minimum atomic E-state index is -0.560. The molecular weight excluding hydrogens is 298 g/mol. The van der Waals surface area contributed by atoms with Crippen LogP contribution in [0.1, 0.15) is 28.6 Å². The molecule has 2 aromatic rings. The Hall–Kier alpha value is -1.67. The zero-order chi connectivity index (χ0) is 14.9. The van der Waals surface area contributed by atoms with E-state index < -0.39 is 5.91 Å². The summed E-state index contributed by atoms with van der Waals surface area (Å²) >= 11 is 2.42. The van der Waals surface area contributed by atoms with Gasteiger partial charge in [-0.2, -0.15) is 0 Å². The highest BCUT2D eigenvalue weighted by Crippen LogP contribution is 2.27. The van der Waals surface area contributed by atoms with Gasteiger partial charge in [-0.1, -0.05) is 11.8 Å². The highest BCUT2D eigenvalue weighted by molar-refractivity contribution is 7.99. The summed E-state index contributed by atoms with van der Waals surface area (Å²) in [4.78, 5) is 42.0. The van der Waals surface area contributed by atoms with Crippen molar-refractivity contribution in [3.8, 4) is 0 Å². The van der Waals surface area contributed by atoms with Crippen molar-refractivity contribution in [3.63, 3.8) is 0 Å². The number of thiophene rings is 1. The number of amides is 1. The predicted octanol–water partition coefficient (Wildman–Crippen LogP) is 1.46. The minimum Gasteiger partial charge on any atom is -0.365 e. The molecule has 6 nitrogen and oxygen atoms in total. The van der Waals surface area contributed by atoms with Gasteiger partial charge >= 0.3 is 0 Å². The second-order valence-electron chi connectivity index (χ2n) is 4.27. The molecule has 0 aromatic carbocycles. The monoisotopic (exact) mass is 311 g/mol. The Morgan fingerprint density at radius 3 is 2.75 bits per heavy atom. The molecule has 0 aliphatic heterocycles. The lowest BCUT2D eigenvalue weighted by Gasteiger charge is -1.99. The standard InChI is InChI=1S/C12H13N3O3S2/c1-5(16)3-4-19-12-14-10(18)7-6(2)8(9(13)17)20-11(7)15-12/h3-4H2,1-2H3,(H2,13,17)(H,14,15,18). The number of aromatic nitrogens is 2. The van der Waals surface area contributed by atoms with Crippen molar-refractivity contribution in [1.29, 1.82) is 0 Å². The van der Waals surface area contributed by atoms with Crippen molar-refractivity contribution < 1.29 is 9.59 Å². The molecule has 0 atom stereocenters. The number of Topliss-reactive ketones (excluding diaryl/α,β-unsaturated/α-hetero) is 1. The number of thioether (sulfide) groups is 1. The molecule has 2 rings (SSSR count). The molecule has 0 spiro atoms. The number of hydrogen-bond donors (Lipinski definition) is 2. The Morgan fingerprint density at radius 1 is 1.45 bits per heavy atom. The maximum atomic E-state index is 12.0. The lowest BCUT2D eigenvalue weighted by Crippen LogP contribution is -2.12. The predicted molar refractivity (Wildman–Crippen MR) is 79.5 cm³/mol. The highest BCUT2D eigenvalue weighted by Gasteiger charge is 2.17. The van der Waals surface area contributed by atoms with Gasteiger partial charge in [0.1, 0.15) is 10.6 Å². The highest BCUT2D eigenvalue weighted by atomic mass is 32.2. The number of fused-ring (bicyclic) bond motifs is 1. The van der Waals surface area contributed by atoms with Crippen LogP contribution in [-0.4, -0.2) is 27.4 Å². The minimum absolute atomic E-state index is 0.0870. The van der Waals surface area contributed by atoms with E-state index in [-0.39, 0.29) is 11.3 Å². The molecule has 0 saturated carbocycles. The van der Waals surface area contributed by atoms with E-state index in [1.165, 1.54) is 18.7 Å². The van der Waals surface area contributed by atoms with Crippen LogP contribution < -0.4 is 11.3 Å². The van der Waals surface area contributed by atoms with Crippen LogP contribution in [0.15, 0.2) is 9.95 Å². The van der Waals surface area contributed by atoms with Crippen molar-refractivity contribution in [3.05, 3.63) is 20.8 Å². The average Bonchev–Trinajstić information content (AvgIpc) is 2.66. The van der Waals surface area contributed by atoms with Gasteiger partial charge < -0.3 is 10.7 Å². The number of hydrogen-bond acceptors (Lipinski definition) is 6. The maximum Gasteiger partial charge on any atom is 0.260 e. The number of ketones is 1. The van der Waals surface area contributed by atoms with Crippen LogP contribution in [0.5, 0.6) is 0 Å². The molecule has 0 fully saturated rings. The van der Waals surface area contributed by atoms with E-state index in [0.29, 0.717) is 38.0 Å². The number of aryl methyl sites for hydroxylation is 1. The molecule has 1 amide bonds. The van der Waals surface area contributed by atoms with E-state index in [9.17, 15) is 14.4 Å². The number of nitrogens with two attached hydrogens (primary N) is 1. The SMILES string of the molecule is CC(=O)CCSc1nc2sc(C(N)=O)c(C)c2c(=O)[nH]1. The first kappa shape index (κ1) is 14.7. The van der Waals surface area contributed by atoms with Gasteiger partial charge in [0.05, 0.1) is 10.3 Å². The van der Waals surface area contributed by atoms with E-state index in [4.69, 9.17) is 5.73 Å². The number of rotatable bonds is 5. The summed E-state index contributed by atoms with van der Waals surface area (Å²) < 4.78 is 0. The van der Waals surface area contributed by atoms with Gasteiger partial charge in [0.15, 0.2) is 5.16 Å². The molecule has 0 bridgehead atoms. The summed E-state index contributed by atoms with van der Waals surface area (Å²) in [5.74, 6) is 0.0798. The zero-order valence-corrected chi connectivity index (χ0v) is 12.6. The van der Waals surface area contributed by atoms with Crippen LogP contribution in [0, 0.1) is 6.92 Å². The quantitative estimate of drug-likeness (QED) is 0.642. The van der Waals surface area contributed by atoms with Crippen molar-refractivity contribution >= 4 is 45.0 Å². The average molecular weight is 311 g/mol. The fourth-order valence-corrected chi connectivity index (χ4v) is 3.71. The second kappa shape index (κ2) is 5.76. The number of aromatic amines is 1. The number of nitrogens with zero attached hydrogens (tertiary/aromatic N) is 1. The topological polar surface area (TPSA) is 106 Å². The number of primary amides is 1. The normalized spacial score (nSPS) is 10.9. The van der Waals surface area contributed by atoms with Crippen molar-refractivity contribution in [1.82, 2.24) is 9.97 Å². The fourth-order valence-electron chi connectivity index (χ4n) is 1.72. The number of H-pyrrole nitrogens is 1. The molecule has 106 valence electrons. The van der Waals surface area contributed by atoms with Crippen LogP contribution in [0.2, 0.25) is 0 Å². The molecule has 0 aliphatic carbocycles. The van der Waals surface area contributed by atoms with Gasteiger partial charge in [-0.25, -0.2) is 4.98 Å². The molecule has 20 heavy (non-hydrogen) atoms. The van der Waals surface area contributed by atoms with Crippen molar-refractivity contribution in [2.75, 3.05) is 5.75 Å². The number of carbonyl (C=O) groups excluding carboxylic acids is 2. The van der Waals surface area contributed by atoms with Crippen molar-refractivity contribution in [2.24, 2.45) is 5.73 Å². The smallest absolute Gasteiger partial charge is 0.260 e. The lowest BCUT2D eigenvalue weighted by atomic mass is 10.2. The maximum absolute atomic E-state index is 12.0. The third-order valence-electron chi connectivity index (χ3n) is 2.70. The third kappa shape index (κ3) is 2.91. The molecule has 2 aromatic heterocycles. The first-order valence-electron chi connectivity index (χ1n) is 5.85. The first-order valence-corrected chi connectivity index (χ1v) is 7.65. The Labute approximate surface area is 122 Å². The first-order chi connectivity index (χ1) is 9.40. The lowest BCUT2D eigenvalue weighted by molar-refractivity contribution is -0.116. The second-order valence-corrected chi connectivity index (χ2v) is 6.35. The van der Waals surface area contributed by atoms with E-state index in [1.807, 2.05) is 0 Å². The van der Waals surface area contributed by atoms with Gasteiger partial charge in [-0.3, -0.25) is 14.4 Å². The zero-order valence-electron chi connectivity index (χ0n) is 11.0. The van der Waals surface area contributed by atoms with E-state index in [1.54, 1.807) is 6.92 Å². The van der Waals surface area contributed by atoms with Gasteiger partial charge in [-0.05, 0) is 19.4 Å². The van der Waals surface area contributed by atoms with Gasteiger partial charge in [0, 0.05) is 12.2 Å². The van der Waals surface area contributed by atoms with Crippen LogP contribution in [0.25, 0.3) is 10.2 Å². The van der Waals surface area contributed by atoms with E-state index in [2.05, 4.69) is 9.97 Å². The molecule has 8 heteroatoms. The van der Waals surface area contributed by atoms with Gasteiger partial charge in [0.25, 0.3) is 11.5 Å². The number of carbonyl (C=O) groups is 2. The summed E-state index contributed by atoms with van der Waals surface area (Å²) in [6, 6.07) is 0. The number of nitrogens with one attached hydrogen (secondary N) is 1. The Morgan fingerprint density at radius 2 is 2.15 bits per heavy atom. The van der Waals surface area contributed by atoms with Crippen LogP contribution in [0.3, 0.4) is 0 Å². The van der Waals surface area contributed by atoms with Gasteiger partial charge in [0.2, 0.25) is 0 Å². The van der Waals surface area contributed by atoms with Crippen LogP contribution in [0.4, 0.5) is 0 Å². The molecule has 3 N–H and O–H groups in total. The van der Waals surface area contributed by atoms with Crippen molar-refractivity contribution in [2.45, 2.75) is 25.4 Å². The summed E-state index contributed by atoms with van der Waals surface area (Å²) in [6.07, 6.45) is 0.419. The summed E-state index contributed by atoms with van der Waals surface area (Å²) in [5, 5.41) is 0.848. The summed E-state index contributed by atoms with van der Waals surface area (Å²) in [6.45, 7) is 3.19. The van der Waals surface area contributed by atoms with Crippen LogP contribution >= 0.6 is 23.1 Å². The van der Waals surface area contributed by atoms with Crippen LogP contribution in [-0.2, 0) is 4.79 Å². The summed E-state index contributed by atoms with van der Waals surface area (Å²) in [7, 11) is 0. The molecule has 2 heterocycles. The third-order valence-corrected chi connectivity index (χ3v) is 4.77. The Balaban J connectivity index is 2.40. The Bertz CT molecular complexity index is 748. The van der Waals surface area contributed by atoms with Gasteiger partial charge in [-0.15, -0.1) is 11.3 Å². The molecule has 0 radical (unpaired) electrons. The fraction of sp³-hybridized carbons (Fsp3) is 0.333. The molecular formula is C12H13N3O3S2. The molecule has 0 aliphatic rings. The largest absolute Gasteiger partial charge is 0.365 e. The van der Waals surface area contributed by atoms with E-state index in [0.717, 1.165) is 11.3 Å². The summed E-state index contributed by atoms with van der Waals surface area (Å²) in [5.41, 5.74) is 5.54.